The molecule has 0 radical (unpaired) electrons. The van der Waals surface area contributed by atoms with Crippen molar-refractivity contribution >= 4 is 65.2 Å². The summed E-state index contributed by atoms with van der Waals surface area (Å²) < 4.78 is 2.37. The van der Waals surface area contributed by atoms with Gasteiger partial charge in [0.1, 0.15) is 0 Å². The third kappa shape index (κ3) is 2.81. The Morgan fingerprint density at radius 2 is 1.60 bits per heavy atom. The van der Waals surface area contributed by atoms with Crippen LogP contribution in [-0.4, -0.2) is 0 Å². The van der Waals surface area contributed by atoms with E-state index in [4.69, 9.17) is 0 Å². The summed E-state index contributed by atoms with van der Waals surface area (Å²) in [5.41, 5.74) is 2.59. The van der Waals surface area contributed by atoms with E-state index in [1.165, 1.54) is 25.5 Å². The summed E-state index contributed by atoms with van der Waals surface area (Å²) in [6, 6.07) is 21.4. The molecule has 0 saturated carbocycles. The highest BCUT2D eigenvalue weighted by atomic mass is 127. The molecule has 20 heavy (non-hydrogen) atoms. The first-order valence-electron chi connectivity index (χ1n) is 6.23. The second kappa shape index (κ2) is 6.16. The molecule has 1 atom stereocenters. The SMILES string of the molecule is Brc1ccc(I)c(C(Br)c2cccc3ccccc23)c1. The molecular weight excluding hydrogens is 491 g/mol. The molecule has 3 aromatic rings. The summed E-state index contributed by atoms with van der Waals surface area (Å²) >= 11 is 9.83. The topological polar surface area (TPSA) is 0 Å². The Balaban J connectivity index is 2.17. The molecule has 3 aromatic carbocycles. The minimum absolute atomic E-state index is 0.193. The second-order valence-corrected chi connectivity index (χ2v) is 7.59. The molecule has 3 heteroatoms. The van der Waals surface area contributed by atoms with Crippen LogP contribution in [0.2, 0.25) is 0 Å². The number of rotatable bonds is 2. The first kappa shape index (κ1) is 14.5. The fourth-order valence-electron chi connectivity index (χ4n) is 2.35. The highest BCUT2D eigenvalue weighted by Crippen LogP contribution is 2.38. The van der Waals surface area contributed by atoms with Gasteiger partial charge in [0.05, 0.1) is 4.83 Å². The summed E-state index contributed by atoms with van der Waals surface area (Å²) in [6.45, 7) is 0. The van der Waals surface area contributed by atoms with Gasteiger partial charge in [-0.15, -0.1) is 0 Å². The van der Waals surface area contributed by atoms with Gasteiger partial charge in [0.15, 0.2) is 0 Å². The molecule has 0 aliphatic carbocycles. The number of benzene rings is 3. The standard InChI is InChI=1S/C17H11Br2I/c18-12-8-9-16(20)15(10-12)17(19)14-7-3-5-11-4-1-2-6-13(11)14/h1-10,17H. The van der Waals surface area contributed by atoms with Crippen LogP contribution in [0.3, 0.4) is 0 Å². The molecule has 100 valence electrons. The van der Waals surface area contributed by atoms with Crippen molar-refractivity contribution < 1.29 is 0 Å². The van der Waals surface area contributed by atoms with Crippen LogP contribution in [0.5, 0.6) is 0 Å². The van der Waals surface area contributed by atoms with E-state index in [1.54, 1.807) is 0 Å². The molecular formula is C17H11Br2I. The monoisotopic (exact) mass is 500 g/mol. The summed E-state index contributed by atoms with van der Waals surface area (Å²) in [5, 5.41) is 2.58. The normalized spacial score (nSPS) is 12.6. The van der Waals surface area contributed by atoms with Gasteiger partial charge in [-0.2, -0.15) is 0 Å². The zero-order valence-electron chi connectivity index (χ0n) is 10.5. The molecule has 0 heterocycles. The number of hydrogen-bond donors (Lipinski definition) is 0. The molecule has 0 aliphatic rings. The van der Waals surface area contributed by atoms with Gasteiger partial charge in [-0.25, -0.2) is 0 Å². The average Bonchev–Trinajstić information content (AvgIpc) is 2.48. The van der Waals surface area contributed by atoms with Crippen molar-refractivity contribution in [2.24, 2.45) is 0 Å². The van der Waals surface area contributed by atoms with Gasteiger partial charge < -0.3 is 0 Å². The molecule has 0 bridgehead atoms. The number of halogens is 3. The maximum Gasteiger partial charge on any atom is 0.0661 e. The Kier molecular flexibility index (Phi) is 4.48. The van der Waals surface area contributed by atoms with Crippen molar-refractivity contribution in [2.45, 2.75) is 4.83 Å². The zero-order chi connectivity index (χ0) is 14.1. The lowest BCUT2D eigenvalue weighted by Crippen LogP contribution is -1.97. The van der Waals surface area contributed by atoms with Gasteiger partial charge in [-0.3, -0.25) is 0 Å². The minimum atomic E-state index is 0.193. The first-order chi connectivity index (χ1) is 9.66. The molecule has 3 rings (SSSR count). The molecule has 0 aliphatic heterocycles. The fraction of sp³-hybridized carbons (Fsp3) is 0.0588. The summed E-state index contributed by atoms with van der Waals surface area (Å²) in [6.07, 6.45) is 0. The number of alkyl halides is 1. The number of hydrogen-bond acceptors (Lipinski definition) is 0. The Morgan fingerprint density at radius 3 is 2.45 bits per heavy atom. The summed E-state index contributed by atoms with van der Waals surface area (Å²) in [4.78, 5) is 0.193. The van der Waals surface area contributed by atoms with Crippen LogP contribution in [-0.2, 0) is 0 Å². The van der Waals surface area contributed by atoms with Crippen molar-refractivity contribution in [3.8, 4) is 0 Å². The van der Waals surface area contributed by atoms with E-state index in [9.17, 15) is 0 Å². The third-order valence-electron chi connectivity index (χ3n) is 3.33. The van der Waals surface area contributed by atoms with Gasteiger partial charge >= 0.3 is 0 Å². The predicted octanol–water partition coefficient (Wildman–Crippen LogP) is 6.69. The van der Waals surface area contributed by atoms with E-state index in [0.29, 0.717) is 0 Å². The fourth-order valence-corrected chi connectivity index (χ4v) is 4.58. The lowest BCUT2D eigenvalue weighted by molar-refractivity contribution is 1.18. The van der Waals surface area contributed by atoms with Gasteiger partial charge in [-0.05, 0) is 62.7 Å². The second-order valence-electron chi connectivity index (χ2n) is 4.60. The molecule has 0 fully saturated rings. The van der Waals surface area contributed by atoms with E-state index in [-0.39, 0.29) is 4.83 Å². The van der Waals surface area contributed by atoms with Crippen LogP contribution in [0.25, 0.3) is 10.8 Å². The van der Waals surface area contributed by atoms with E-state index >= 15 is 0 Å². The Hall–Kier alpha value is -0.390. The van der Waals surface area contributed by atoms with Crippen molar-refractivity contribution in [3.63, 3.8) is 0 Å². The Labute approximate surface area is 149 Å². The Morgan fingerprint density at radius 1 is 0.850 bits per heavy atom. The van der Waals surface area contributed by atoms with E-state index < -0.39 is 0 Å². The third-order valence-corrected chi connectivity index (χ3v) is 5.79. The van der Waals surface area contributed by atoms with Crippen molar-refractivity contribution in [3.05, 3.63) is 79.8 Å². The van der Waals surface area contributed by atoms with E-state index in [0.717, 1.165) is 4.47 Å². The smallest absolute Gasteiger partial charge is 0.0661 e. The van der Waals surface area contributed by atoms with Gasteiger partial charge in [0.2, 0.25) is 0 Å². The maximum absolute atomic E-state index is 3.87. The maximum atomic E-state index is 3.87. The largest absolute Gasteiger partial charge is 0.0786 e. The minimum Gasteiger partial charge on any atom is -0.0786 e. The first-order valence-corrected chi connectivity index (χ1v) is 9.02. The van der Waals surface area contributed by atoms with Crippen molar-refractivity contribution in [1.82, 2.24) is 0 Å². The quantitative estimate of drug-likeness (QED) is 0.271. The van der Waals surface area contributed by atoms with Crippen LogP contribution in [0.4, 0.5) is 0 Å². The summed E-state index contributed by atoms with van der Waals surface area (Å²) in [7, 11) is 0. The molecule has 0 nitrogen and oxygen atoms in total. The van der Waals surface area contributed by atoms with Crippen LogP contribution in [0, 0.1) is 3.57 Å². The van der Waals surface area contributed by atoms with Gasteiger partial charge in [0, 0.05) is 8.04 Å². The van der Waals surface area contributed by atoms with Gasteiger partial charge in [-0.1, -0.05) is 74.3 Å². The van der Waals surface area contributed by atoms with E-state index in [2.05, 4.69) is 115 Å². The predicted molar refractivity (Wildman–Crippen MR) is 102 cm³/mol. The molecule has 0 amide bonds. The highest BCUT2D eigenvalue weighted by molar-refractivity contribution is 14.1. The van der Waals surface area contributed by atoms with Crippen LogP contribution >= 0.6 is 54.5 Å². The number of fused-ring (bicyclic) bond motifs is 1. The van der Waals surface area contributed by atoms with Gasteiger partial charge in [0.25, 0.3) is 0 Å². The van der Waals surface area contributed by atoms with Crippen LogP contribution in [0.15, 0.2) is 65.1 Å². The average molecular weight is 502 g/mol. The molecule has 0 aromatic heterocycles. The highest BCUT2D eigenvalue weighted by Gasteiger charge is 2.16. The van der Waals surface area contributed by atoms with Crippen LogP contribution in [0.1, 0.15) is 16.0 Å². The Bertz CT molecular complexity index is 763. The zero-order valence-corrected chi connectivity index (χ0v) is 15.8. The van der Waals surface area contributed by atoms with Crippen molar-refractivity contribution in [2.75, 3.05) is 0 Å². The lowest BCUT2D eigenvalue weighted by Gasteiger charge is -2.15. The molecule has 0 spiro atoms. The van der Waals surface area contributed by atoms with E-state index in [1.807, 2.05) is 0 Å². The van der Waals surface area contributed by atoms with Crippen molar-refractivity contribution in [1.29, 1.82) is 0 Å². The summed E-state index contributed by atoms with van der Waals surface area (Å²) in [5.74, 6) is 0. The molecule has 0 N–H and O–H groups in total. The molecule has 1 unspecified atom stereocenters. The van der Waals surface area contributed by atoms with Crippen LogP contribution < -0.4 is 0 Å². The molecule has 0 saturated heterocycles. The lowest BCUT2D eigenvalue weighted by atomic mass is 9.98.